The largest absolute Gasteiger partial charge is 0.329 e. The first-order valence-electron chi connectivity index (χ1n) is 6.95. The Hall–Kier alpha value is -0.720. The molecule has 0 unspecified atom stereocenters. The first-order valence-corrected chi connectivity index (χ1v) is 8.48. The molecule has 0 aromatic carbocycles. The predicted octanol–water partition coefficient (Wildman–Crippen LogP) is 1.19. The van der Waals surface area contributed by atoms with Crippen molar-refractivity contribution in [3.05, 3.63) is 31.6 Å². The molecule has 5 nitrogen and oxygen atoms in total. The number of nitrogens with one attached hydrogen (secondary N) is 1. The second kappa shape index (κ2) is 7.33. The number of nitrogens with zero attached hydrogens (tertiary/aromatic N) is 2. The van der Waals surface area contributed by atoms with Crippen LogP contribution in [-0.4, -0.2) is 45.6 Å². The van der Waals surface area contributed by atoms with Crippen LogP contribution in [0.2, 0.25) is 5.15 Å². The Morgan fingerprint density at radius 3 is 2.60 bits per heavy atom. The van der Waals surface area contributed by atoms with Crippen molar-refractivity contribution in [2.75, 3.05) is 31.1 Å². The highest BCUT2D eigenvalue weighted by Gasteiger charge is 2.14. The fraction of sp³-hybridized carbons (Fsp3) is 0.692. The van der Waals surface area contributed by atoms with Crippen molar-refractivity contribution in [1.29, 1.82) is 0 Å². The molecule has 112 valence electrons. The van der Waals surface area contributed by atoms with Crippen LogP contribution in [0.3, 0.4) is 0 Å². The van der Waals surface area contributed by atoms with Gasteiger partial charge in [0, 0.05) is 37.7 Å². The molecule has 0 spiro atoms. The molecule has 0 radical (unpaired) electrons. The second-order valence-electron chi connectivity index (χ2n) is 4.88. The summed E-state index contributed by atoms with van der Waals surface area (Å²) in [5, 5.41) is 0.187. The maximum atomic E-state index is 12.3. The van der Waals surface area contributed by atoms with Crippen LogP contribution in [0.5, 0.6) is 0 Å². The normalized spacial score (nSPS) is 16.5. The zero-order chi connectivity index (χ0) is 14.5. The quantitative estimate of drug-likeness (QED) is 0.829. The third-order valence-corrected chi connectivity index (χ3v) is 4.74. The summed E-state index contributed by atoms with van der Waals surface area (Å²) in [6.45, 7) is 5.18. The van der Waals surface area contributed by atoms with Gasteiger partial charge in [0.25, 0.3) is 5.56 Å². The van der Waals surface area contributed by atoms with Gasteiger partial charge in [0.1, 0.15) is 5.15 Å². The summed E-state index contributed by atoms with van der Waals surface area (Å²) in [6, 6.07) is 0. The molecular formula is C13H20ClN3O2S. The van der Waals surface area contributed by atoms with Crippen LogP contribution >= 0.6 is 23.4 Å². The van der Waals surface area contributed by atoms with Crippen molar-refractivity contribution in [1.82, 2.24) is 14.5 Å². The molecule has 1 saturated heterocycles. The van der Waals surface area contributed by atoms with E-state index in [0.717, 1.165) is 37.6 Å². The molecule has 0 atom stereocenters. The Balaban J connectivity index is 2.16. The highest BCUT2D eigenvalue weighted by Crippen LogP contribution is 2.09. The molecule has 1 N–H and O–H groups in total. The van der Waals surface area contributed by atoms with Crippen LogP contribution in [-0.2, 0) is 13.0 Å². The molecular weight excluding hydrogens is 298 g/mol. The van der Waals surface area contributed by atoms with Crippen LogP contribution < -0.4 is 11.2 Å². The van der Waals surface area contributed by atoms with Gasteiger partial charge in [-0.15, -0.1) is 0 Å². The lowest BCUT2D eigenvalue weighted by Crippen LogP contribution is -2.42. The number of halogens is 1. The Kier molecular flexibility index (Phi) is 5.74. The number of hydrogen-bond donors (Lipinski definition) is 1. The molecule has 20 heavy (non-hydrogen) atoms. The van der Waals surface area contributed by atoms with E-state index in [4.69, 9.17) is 11.6 Å². The number of rotatable bonds is 5. The van der Waals surface area contributed by atoms with E-state index < -0.39 is 5.69 Å². The summed E-state index contributed by atoms with van der Waals surface area (Å²) in [5.74, 6) is 2.24. The molecule has 0 bridgehead atoms. The fourth-order valence-electron chi connectivity index (χ4n) is 2.32. The van der Waals surface area contributed by atoms with E-state index in [1.54, 1.807) is 0 Å². The minimum absolute atomic E-state index is 0.187. The second-order valence-corrected chi connectivity index (χ2v) is 6.49. The first-order chi connectivity index (χ1) is 9.63. The molecule has 0 aliphatic carbocycles. The van der Waals surface area contributed by atoms with Gasteiger partial charge in [-0.05, 0) is 6.42 Å². The molecule has 1 aromatic heterocycles. The average molecular weight is 318 g/mol. The van der Waals surface area contributed by atoms with Crippen LogP contribution in [0.1, 0.15) is 18.9 Å². The number of hydrogen-bond acceptors (Lipinski definition) is 4. The molecule has 0 amide bonds. The Bertz CT molecular complexity index is 564. The summed E-state index contributed by atoms with van der Waals surface area (Å²) in [7, 11) is 0. The van der Waals surface area contributed by atoms with Crippen molar-refractivity contribution in [3.63, 3.8) is 0 Å². The van der Waals surface area contributed by atoms with E-state index in [9.17, 15) is 9.59 Å². The molecule has 1 aromatic rings. The number of aromatic nitrogens is 2. The predicted molar refractivity (Wildman–Crippen MR) is 84.1 cm³/mol. The molecule has 1 fully saturated rings. The summed E-state index contributed by atoms with van der Waals surface area (Å²) in [4.78, 5) is 29.1. The highest BCUT2D eigenvalue weighted by atomic mass is 35.5. The van der Waals surface area contributed by atoms with E-state index in [1.165, 1.54) is 4.57 Å². The lowest BCUT2D eigenvalue weighted by molar-refractivity contribution is 0.285. The molecule has 1 aliphatic rings. The zero-order valence-corrected chi connectivity index (χ0v) is 13.2. The first kappa shape index (κ1) is 15.7. The average Bonchev–Trinajstić information content (AvgIpc) is 2.44. The summed E-state index contributed by atoms with van der Waals surface area (Å²) in [6.07, 6.45) is 1.42. The third kappa shape index (κ3) is 3.68. The topological polar surface area (TPSA) is 58.1 Å². The molecule has 1 aliphatic heterocycles. The minimum atomic E-state index is -0.411. The van der Waals surface area contributed by atoms with Gasteiger partial charge in [0.05, 0.1) is 5.56 Å². The van der Waals surface area contributed by atoms with Crippen molar-refractivity contribution in [2.24, 2.45) is 0 Å². The van der Waals surface area contributed by atoms with E-state index in [0.29, 0.717) is 18.5 Å². The van der Waals surface area contributed by atoms with Crippen molar-refractivity contribution >= 4 is 23.4 Å². The lowest BCUT2D eigenvalue weighted by atomic mass is 10.2. The minimum Gasteiger partial charge on any atom is -0.300 e. The summed E-state index contributed by atoms with van der Waals surface area (Å²) in [5.41, 5.74) is -0.138. The van der Waals surface area contributed by atoms with Gasteiger partial charge in [-0.2, -0.15) is 11.8 Å². The van der Waals surface area contributed by atoms with Gasteiger partial charge >= 0.3 is 5.69 Å². The van der Waals surface area contributed by atoms with Crippen LogP contribution in [0.25, 0.3) is 0 Å². The molecule has 0 saturated carbocycles. The summed E-state index contributed by atoms with van der Waals surface area (Å²) < 4.78 is 1.28. The third-order valence-electron chi connectivity index (χ3n) is 3.47. The Morgan fingerprint density at radius 1 is 1.25 bits per heavy atom. The van der Waals surface area contributed by atoms with Crippen molar-refractivity contribution < 1.29 is 0 Å². The van der Waals surface area contributed by atoms with Gasteiger partial charge in [-0.1, -0.05) is 24.9 Å². The lowest BCUT2D eigenvalue weighted by Gasteiger charge is -2.26. The van der Waals surface area contributed by atoms with Crippen LogP contribution in [0.15, 0.2) is 9.59 Å². The van der Waals surface area contributed by atoms with Crippen LogP contribution in [0, 0.1) is 0 Å². The highest BCUT2D eigenvalue weighted by molar-refractivity contribution is 7.99. The van der Waals surface area contributed by atoms with Gasteiger partial charge in [-0.25, -0.2) is 4.79 Å². The Labute approximate surface area is 127 Å². The molecule has 2 rings (SSSR count). The maximum absolute atomic E-state index is 12.3. The van der Waals surface area contributed by atoms with Gasteiger partial charge in [0.15, 0.2) is 0 Å². The van der Waals surface area contributed by atoms with Gasteiger partial charge in [0.2, 0.25) is 0 Å². The van der Waals surface area contributed by atoms with Gasteiger partial charge < -0.3 is 0 Å². The Morgan fingerprint density at radius 2 is 1.95 bits per heavy atom. The van der Waals surface area contributed by atoms with E-state index >= 15 is 0 Å². The fourth-order valence-corrected chi connectivity index (χ4v) is 3.56. The smallest absolute Gasteiger partial charge is 0.300 e. The molecule has 7 heteroatoms. The van der Waals surface area contributed by atoms with Crippen LogP contribution in [0.4, 0.5) is 0 Å². The maximum Gasteiger partial charge on any atom is 0.329 e. The number of H-pyrrole nitrogens is 1. The molecule has 2 heterocycles. The monoisotopic (exact) mass is 317 g/mol. The van der Waals surface area contributed by atoms with E-state index in [2.05, 4.69) is 9.88 Å². The number of aromatic amines is 1. The van der Waals surface area contributed by atoms with Crippen molar-refractivity contribution in [3.8, 4) is 0 Å². The zero-order valence-electron chi connectivity index (χ0n) is 11.7. The van der Waals surface area contributed by atoms with Gasteiger partial charge in [-0.3, -0.25) is 19.2 Å². The van der Waals surface area contributed by atoms with Crippen molar-refractivity contribution in [2.45, 2.75) is 26.3 Å². The SMILES string of the molecule is CCCc1c(Cl)[nH]c(=O)n(CCN2CCSCC2)c1=O. The van der Waals surface area contributed by atoms with E-state index in [1.807, 2.05) is 18.7 Å². The van der Waals surface area contributed by atoms with E-state index in [-0.39, 0.29) is 10.7 Å². The summed E-state index contributed by atoms with van der Waals surface area (Å²) >= 11 is 7.89. The standard InChI is InChI=1S/C13H20ClN3O2S/c1-2-3-10-11(14)15-13(19)17(12(10)18)5-4-16-6-8-20-9-7-16/h2-9H2,1H3,(H,15,19). The number of thioether (sulfide) groups is 1.